The van der Waals surface area contributed by atoms with Crippen LogP contribution >= 0.6 is 0 Å². The van der Waals surface area contributed by atoms with Gasteiger partial charge in [-0.15, -0.1) is 0 Å². The summed E-state index contributed by atoms with van der Waals surface area (Å²) in [5.74, 6) is -0.423. The van der Waals surface area contributed by atoms with Crippen LogP contribution in [-0.4, -0.2) is 36.0 Å². The lowest BCUT2D eigenvalue weighted by atomic mass is 9.96. The minimum atomic E-state index is -0.416. The topological polar surface area (TPSA) is 102 Å². The number of carbonyl (C=O) groups excluding carboxylic acids is 2. The number of hydrogen-bond acceptors (Lipinski definition) is 8. The zero-order chi connectivity index (χ0) is 31.1. The first-order valence-electron chi connectivity index (χ1n) is 18.2. The Hall–Kier alpha value is -1.86. The minimum Gasteiger partial charge on any atom is -0.462 e. The highest BCUT2D eigenvalue weighted by Gasteiger charge is 2.40. The Morgan fingerprint density at radius 2 is 0.884 bits per heavy atom. The van der Waals surface area contributed by atoms with Crippen LogP contribution in [0.3, 0.4) is 0 Å². The van der Waals surface area contributed by atoms with E-state index in [4.69, 9.17) is 9.47 Å². The second-order valence-corrected chi connectivity index (χ2v) is 13.2. The van der Waals surface area contributed by atoms with Crippen molar-refractivity contribution >= 4 is 11.9 Å². The summed E-state index contributed by atoms with van der Waals surface area (Å²) < 4.78 is 10.8. The zero-order valence-electron chi connectivity index (χ0n) is 28.1. The molecule has 0 radical (unpaired) electrons. The first kappa shape index (κ1) is 37.3. The summed E-state index contributed by atoms with van der Waals surface area (Å²) in [6.45, 7) is 6.39. The van der Waals surface area contributed by atoms with Crippen molar-refractivity contribution in [1.82, 2.24) is 0 Å². The highest BCUT2D eigenvalue weighted by molar-refractivity contribution is 5.70. The van der Waals surface area contributed by atoms with Crippen LogP contribution in [0.2, 0.25) is 0 Å². The van der Waals surface area contributed by atoms with Crippen LogP contribution in [0.25, 0.3) is 0 Å². The summed E-state index contributed by atoms with van der Waals surface area (Å²) in [5.41, 5.74) is -0.242. The number of esters is 2. The zero-order valence-corrected chi connectivity index (χ0v) is 28.1. The van der Waals surface area contributed by atoms with Gasteiger partial charge in [0.15, 0.2) is 11.3 Å². The third-order valence-corrected chi connectivity index (χ3v) is 8.85. The summed E-state index contributed by atoms with van der Waals surface area (Å²) in [7, 11) is 0. The maximum atomic E-state index is 12.2. The Morgan fingerprint density at radius 3 is 1.37 bits per heavy atom. The largest absolute Gasteiger partial charge is 0.462 e. The van der Waals surface area contributed by atoms with E-state index < -0.39 is 6.10 Å². The number of rotatable bonds is 31. The Kier molecular flexibility index (Phi) is 19.6. The van der Waals surface area contributed by atoms with Gasteiger partial charge < -0.3 is 9.47 Å². The van der Waals surface area contributed by atoms with Gasteiger partial charge in [0.2, 0.25) is 0 Å². The van der Waals surface area contributed by atoms with Gasteiger partial charge in [-0.2, -0.15) is 20.5 Å². The van der Waals surface area contributed by atoms with Crippen LogP contribution in [0.5, 0.6) is 0 Å². The quantitative estimate of drug-likeness (QED) is 0.0580. The lowest BCUT2D eigenvalue weighted by Gasteiger charge is -2.14. The van der Waals surface area contributed by atoms with Crippen LogP contribution in [0.4, 0.5) is 0 Å². The molecule has 8 nitrogen and oxygen atoms in total. The highest BCUT2D eigenvalue weighted by atomic mass is 16.6. The van der Waals surface area contributed by atoms with Crippen molar-refractivity contribution in [2.45, 2.75) is 205 Å². The third kappa shape index (κ3) is 19.2. The molecule has 2 aliphatic heterocycles. The van der Waals surface area contributed by atoms with Gasteiger partial charge in [0.25, 0.3) is 0 Å². The Morgan fingerprint density at radius 1 is 0.512 bits per heavy atom. The van der Waals surface area contributed by atoms with Gasteiger partial charge in [0.05, 0.1) is 0 Å². The van der Waals surface area contributed by atoms with E-state index in [0.717, 1.165) is 64.2 Å². The molecule has 0 aromatic rings. The summed E-state index contributed by atoms with van der Waals surface area (Å²) >= 11 is 0. The van der Waals surface area contributed by atoms with E-state index >= 15 is 0 Å². The monoisotopic (exact) mass is 604 g/mol. The van der Waals surface area contributed by atoms with Gasteiger partial charge in [-0.1, -0.05) is 104 Å². The van der Waals surface area contributed by atoms with Crippen molar-refractivity contribution in [3.8, 4) is 0 Å². The normalized spacial score (nSPS) is 16.3. The fraction of sp³-hybridized carbons (Fsp3) is 0.943. The molecule has 0 aromatic carbocycles. The highest BCUT2D eigenvalue weighted by Crippen LogP contribution is 2.41. The van der Waals surface area contributed by atoms with Crippen molar-refractivity contribution in [2.75, 3.05) is 6.61 Å². The maximum absolute atomic E-state index is 12.2. The average molecular weight is 605 g/mol. The summed E-state index contributed by atoms with van der Waals surface area (Å²) in [6.07, 6.45) is 28.7. The Bertz CT molecular complexity index is 804. The number of ether oxygens (including phenoxy) is 2. The molecule has 2 heterocycles. The first-order chi connectivity index (χ1) is 20.9. The summed E-state index contributed by atoms with van der Waals surface area (Å²) in [6, 6.07) is 0. The number of hydrogen-bond donors (Lipinski definition) is 0. The molecule has 248 valence electrons. The van der Waals surface area contributed by atoms with Gasteiger partial charge >= 0.3 is 11.9 Å². The van der Waals surface area contributed by atoms with Gasteiger partial charge in [-0.3, -0.25) is 9.59 Å². The standard InChI is InChI=1S/C35H64N4O4/c1-4-6-8-9-10-11-12-13-14-15-16-17-19-24-32(40)42-30-31(3)43-33(41)25-20-23-29-35(38-39-35)28-22-18-21-27-34(36-37-34)26-7-5-2/h31H,4-30H2,1-3H3. The van der Waals surface area contributed by atoms with E-state index in [1.54, 1.807) is 6.92 Å². The van der Waals surface area contributed by atoms with E-state index in [9.17, 15) is 9.59 Å². The predicted octanol–water partition coefficient (Wildman–Crippen LogP) is 11.0. The molecule has 0 bridgehead atoms. The molecule has 2 aliphatic rings. The smallest absolute Gasteiger partial charge is 0.306 e. The Balaban J connectivity index is 1.35. The van der Waals surface area contributed by atoms with E-state index in [-0.39, 0.29) is 29.9 Å². The molecule has 0 aromatic heterocycles. The lowest BCUT2D eigenvalue weighted by Crippen LogP contribution is -2.22. The van der Waals surface area contributed by atoms with Gasteiger partial charge in [0.1, 0.15) is 12.7 Å². The van der Waals surface area contributed by atoms with E-state index in [0.29, 0.717) is 12.8 Å². The van der Waals surface area contributed by atoms with Crippen molar-refractivity contribution in [3.63, 3.8) is 0 Å². The van der Waals surface area contributed by atoms with Crippen LogP contribution < -0.4 is 0 Å². The van der Waals surface area contributed by atoms with E-state index in [1.165, 1.54) is 89.9 Å². The molecule has 0 fully saturated rings. The van der Waals surface area contributed by atoms with E-state index in [1.807, 2.05) is 0 Å². The van der Waals surface area contributed by atoms with Crippen molar-refractivity contribution in [1.29, 1.82) is 0 Å². The number of unbranched alkanes of at least 4 members (excludes halogenated alkanes) is 16. The fourth-order valence-electron chi connectivity index (χ4n) is 5.81. The predicted molar refractivity (Wildman–Crippen MR) is 173 cm³/mol. The molecule has 0 saturated heterocycles. The molecule has 1 atom stereocenters. The Labute approximate surface area is 263 Å². The molecular formula is C35H64N4O4. The molecule has 1 unspecified atom stereocenters. The van der Waals surface area contributed by atoms with Crippen LogP contribution in [0.15, 0.2) is 20.5 Å². The molecule has 0 spiro atoms. The van der Waals surface area contributed by atoms with Crippen molar-refractivity contribution < 1.29 is 19.1 Å². The SMILES string of the molecule is CCCCCCCCCCCCCCCC(=O)OCC(C)OC(=O)CCCCC1(CCCCCC2(CCCC)N=N2)N=N1. The first-order valence-corrected chi connectivity index (χ1v) is 18.2. The fourth-order valence-corrected chi connectivity index (χ4v) is 5.81. The minimum absolute atomic E-state index is 0.0402. The van der Waals surface area contributed by atoms with Crippen molar-refractivity contribution in [3.05, 3.63) is 0 Å². The van der Waals surface area contributed by atoms with Crippen LogP contribution in [0, 0.1) is 0 Å². The van der Waals surface area contributed by atoms with Crippen LogP contribution in [0.1, 0.15) is 188 Å². The van der Waals surface area contributed by atoms with Gasteiger partial charge in [0, 0.05) is 12.8 Å². The molecule has 2 rings (SSSR count). The molecule has 0 aliphatic carbocycles. The second-order valence-electron chi connectivity index (χ2n) is 13.2. The third-order valence-electron chi connectivity index (χ3n) is 8.85. The number of nitrogens with zero attached hydrogens (tertiary/aromatic N) is 4. The summed E-state index contributed by atoms with van der Waals surface area (Å²) in [5, 5.41) is 17.2. The van der Waals surface area contributed by atoms with Crippen molar-refractivity contribution in [2.24, 2.45) is 20.5 Å². The molecule has 8 heteroatoms. The lowest BCUT2D eigenvalue weighted by molar-refractivity contribution is -0.158. The maximum Gasteiger partial charge on any atom is 0.306 e. The average Bonchev–Trinajstić information content (AvgIpc) is 3.93. The van der Waals surface area contributed by atoms with Gasteiger partial charge in [-0.25, -0.2) is 0 Å². The summed E-state index contributed by atoms with van der Waals surface area (Å²) in [4.78, 5) is 24.3. The molecular weight excluding hydrogens is 540 g/mol. The van der Waals surface area contributed by atoms with Gasteiger partial charge in [-0.05, 0) is 71.1 Å². The van der Waals surface area contributed by atoms with Crippen LogP contribution in [-0.2, 0) is 19.1 Å². The molecule has 0 N–H and O–H groups in total. The number of carbonyl (C=O) groups is 2. The van der Waals surface area contributed by atoms with E-state index in [2.05, 4.69) is 34.3 Å². The molecule has 0 amide bonds. The second kappa shape index (κ2) is 22.6. The molecule has 43 heavy (non-hydrogen) atoms. The molecule has 0 saturated carbocycles.